The number of benzene rings is 3. The molecular weight excluding hydrogens is 275 g/mol. The van der Waals surface area contributed by atoms with Crippen molar-refractivity contribution in [3.05, 3.63) is 71.5 Å². The second-order valence-corrected chi connectivity index (χ2v) is 5.98. The molecule has 110 valence electrons. The minimum atomic E-state index is -0.239. The van der Waals surface area contributed by atoms with Crippen LogP contribution >= 0.6 is 0 Å². The van der Waals surface area contributed by atoms with E-state index in [0.717, 1.165) is 22.1 Å². The van der Waals surface area contributed by atoms with E-state index in [1.807, 2.05) is 12.1 Å². The molecule has 1 saturated carbocycles. The van der Waals surface area contributed by atoms with Crippen molar-refractivity contribution >= 4 is 10.8 Å². The average Bonchev–Trinajstić information content (AvgIpc) is 3.39. The first-order chi connectivity index (χ1) is 10.8. The van der Waals surface area contributed by atoms with Gasteiger partial charge in [-0.05, 0) is 63.9 Å². The molecule has 0 bridgehead atoms. The molecule has 3 aromatic rings. The molecule has 0 heterocycles. The van der Waals surface area contributed by atoms with Crippen LogP contribution in [0.2, 0.25) is 0 Å². The minimum absolute atomic E-state index is 0.0172. The number of rotatable bonds is 3. The standard InChI is InChI=1S/C20H17FO/c21-16-9-7-14(8-10-16)20-17-4-2-1-3-15(17)11-18(13-5-6-13)19(20)12-22/h1-4,7-11,13,22H,5-6,12H2. The molecule has 0 saturated heterocycles. The minimum Gasteiger partial charge on any atom is -0.392 e. The summed E-state index contributed by atoms with van der Waals surface area (Å²) >= 11 is 0. The summed E-state index contributed by atoms with van der Waals surface area (Å²) in [5.74, 6) is 0.322. The third-order valence-corrected chi connectivity index (χ3v) is 4.50. The van der Waals surface area contributed by atoms with Gasteiger partial charge in [-0.2, -0.15) is 0 Å². The van der Waals surface area contributed by atoms with Crippen LogP contribution in [0.4, 0.5) is 4.39 Å². The van der Waals surface area contributed by atoms with Gasteiger partial charge in [-0.1, -0.05) is 42.5 Å². The molecule has 1 N–H and O–H groups in total. The summed E-state index contributed by atoms with van der Waals surface area (Å²) in [5.41, 5.74) is 4.25. The van der Waals surface area contributed by atoms with Crippen LogP contribution in [0.5, 0.6) is 0 Å². The third-order valence-electron chi connectivity index (χ3n) is 4.50. The first-order valence-electron chi connectivity index (χ1n) is 7.69. The number of aliphatic hydroxyl groups is 1. The predicted molar refractivity (Wildman–Crippen MR) is 87.2 cm³/mol. The van der Waals surface area contributed by atoms with E-state index in [4.69, 9.17) is 0 Å². The van der Waals surface area contributed by atoms with Crippen LogP contribution in [-0.4, -0.2) is 5.11 Å². The summed E-state index contributed by atoms with van der Waals surface area (Å²) in [6, 6.07) is 17.0. The molecule has 3 aromatic carbocycles. The first-order valence-corrected chi connectivity index (χ1v) is 7.69. The van der Waals surface area contributed by atoms with Crippen molar-refractivity contribution in [2.45, 2.75) is 25.4 Å². The summed E-state index contributed by atoms with van der Waals surface area (Å²) < 4.78 is 13.3. The van der Waals surface area contributed by atoms with Gasteiger partial charge < -0.3 is 5.11 Å². The van der Waals surface area contributed by atoms with E-state index in [2.05, 4.69) is 18.2 Å². The van der Waals surface area contributed by atoms with E-state index < -0.39 is 0 Å². The van der Waals surface area contributed by atoms with Gasteiger partial charge in [0.05, 0.1) is 6.61 Å². The summed E-state index contributed by atoms with van der Waals surface area (Å²) in [5, 5.41) is 12.3. The topological polar surface area (TPSA) is 20.2 Å². The molecule has 0 amide bonds. The second kappa shape index (κ2) is 5.22. The fourth-order valence-corrected chi connectivity index (χ4v) is 3.29. The second-order valence-electron chi connectivity index (χ2n) is 5.98. The van der Waals surface area contributed by atoms with Crippen molar-refractivity contribution in [3.63, 3.8) is 0 Å². The zero-order valence-electron chi connectivity index (χ0n) is 12.2. The van der Waals surface area contributed by atoms with Crippen LogP contribution in [0.1, 0.15) is 29.9 Å². The highest BCUT2D eigenvalue weighted by molar-refractivity contribution is 5.99. The SMILES string of the molecule is OCc1c(C2CC2)cc2ccccc2c1-c1ccc(F)cc1. The molecule has 0 aromatic heterocycles. The van der Waals surface area contributed by atoms with Gasteiger partial charge >= 0.3 is 0 Å². The first kappa shape index (κ1) is 13.5. The van der Waals surface area contributed by atoms with E-state index >= 15 is 0 Å². The molecular formula is C20H17FO. The molecule has 0 radical (unpaired) electrons. The van der Waals surface area contributed by atoms with Gasteiger partial charge in [-0.15, -0.1) is 0 Å². The third kappa shape index (κ3) is 2.20. The van der Waals surface area contributed by atoms with E-state index in [0.29, 0.717) is 5.92 Å². The van der Waals surface area contributed by atoms with E-state index in [9.17, 15) is 9.50 Å². The monoisotopic (exact) mass is 292 g/mol. The highest BCUT2D eigenvalue weighted by Crippen LogP contribution is 2.46. The van der Waals surface area contributed by atoms with Gasteiger partial charge in [0.25, 0.3) is 0 Å². The molecule has 1 aliphatic carbocycles. The van der Waals surface area contributed by atoms with Crippen LogP contribution in [0.25, 0.3) is 21.9 Å². The molecule has 0 aliphatic heterocycles. The maximum Gasteiger partial charge on any atom is 0.123 e. The lowest BCUT2D eigenvalue weighted by molar-refractivity contribution is 0.281. The molecule has 0 atom stereocenters. The number of halogens is 1. The molecule has 2 heteroatoms. The average molecular weight is 292 g/mol. The molecule has 1 nitrogen and oxygen atoms in total. The predicted octanol–water partition coefficient (Wildman–Crippen LogP) is 5.02. The lowest BCUT2D eigenvalue weighted by atomic mass is 9.88. The molecule has 1 aliphatic rings. The van der Waals surface area contributed by atoms with Crippen LogP contribution in [-0.2, 0) is 6.61 Å². The van der Waals surface area contributed by atoms with E-state index in [1.54, 1.807) is 12.1 Å². The Morgan fingerprint density at radius 1 is 1.00 bits per heavy atom. The van der Waals surface area contributed by atoms with Gasteiger partial charge in [0.15, 0.2) is 0 Å². The Bertz CT molecular complexity index is 832. The molecule has 0 unspecified atom stereocenters. The Morgan fingerprint density at radius 2 is 1.73 bits per heavy atom. The number of fused-ring (bicyclic) bond motifs is 1. The maximum atomic E-state index is 13.3. The zero-order valence-corrected chi connectivity index (χ0v) is 12.2. The van der Waals surface area contributed by atoms with Crippen LogP contribution in [0.3, 0.4) is 0 Å². The lowest BCUT2D eigenvalue weighted by Crippen LogP contribution is -1.98. The van der Waals surface area contributed by atoms with Crippen LogP contribution < -0.4 is 0 Å². The van der Waals surface area contributed by atoms with Crippen molar-refractivity contribution in [2.24, 2.45) is 0 Å². The van der Waals surface area contributed by atoms with Crippen molar-refractivity contribution < 1.29 is 9.50 Å². The number of hydrogen-bond donors (Lipinski definition) is 1. The summed E-state index contributed by atoms with van der Waals surface area (Å²) in [4.78, 5) is 0. The van der Waals surface area contributed by atoms with Crippen molar-refractivity contribution in [3.8, 4) is 11.1 Å². The maximum absolute atomic E-state index is 13.3. The normalized spacial score (nSPS) is 14.5. The Balaban J connectivity index is 2.06. The fourth-order valence-electron chi connectivity index (χ4n) is 3.29. The summed E-state index contributed by atoms with van der Waals surface area (Å²) in [6.45, 7) is 0.0172. The Kier molecular flexibility index (Phi) is 3.20. The van der Waals surface area contributed by atoms with Crippen molar-refractivity contribution in [2.75, 3.05) is 0 Å². The quantitative estimate of drug-likeness (QED) is 0.719. The highest BCUT2D eigenvalue weighted by atomic mass is 19.1. The molecule has 4 rings (SSSR count). The van der Waals surface area contributed by atoms with E-state index in [-0.39, 0.29) is 12.4 Å². The highest BCUT2D eigenvalue weighted by Gasteiger charge is 2.28. The Labute approximate surface area is 129 Å². The zero-order chi connectivity index (χ0) is 15.1. The summed E-state index contributed by atoms with van der Waals surface area (Å²) in [6.07, 6.45) is 2.38. The molecule has 0 spiro atoms. The van der Waals surface area contributed by atoms with Gasteiger partial charge in [-0.3, -0.25) is 0 Å². The van der Waals surface area contributed by atoms with Crippen LogP contribution in [0.15, 0.2) is 54.6 Å². The lowest BCUT2D eigenvalue weighted by Gasteiger charge is -2.17. The largest absolute Gasteiger partial charge is 0.392 e. The van der Waals surface area contributed by atoms with Gasteiger partial charge in [0, 0.05) is 0 Å². The Morgan fingerprint density at radius 3 is 2.41 bits per heavy atom. The fraction of sp³-hybridized carbons (Fsp3) is 0.200. The van der Waals surface area contributed by atoms with Gasteiger partial charge in [0.2, 0.25) is 0 Å². The molecule has 1 fully saturated rings. The van der Waals surface area contributed by atoms with Crippen molar-refractivity contribution in [1.29, 1.82) is 0 Å². The smallest absolute Gasteiger partial charge is 0.123 e. The number of aliphatic hydroxyl groups excluding tert-OH is 1. The van der Waals surface area contributed by atoms with E-state index in [1.165, 1.54) is 35.9 Å². The molecule has 22 heavy (non-hydrogen) atoms. The Hall–Kier alpha value is -2.19. The number of hydrogen-bond acceptors (Lipinski definition) is 1. The van der Waals surface area contributed by atoms with Gasteiger partial charge in [-0.25, -0.2) is 4.39 Å². The van der Waals surface area contributed by atoms with Crippen LogP contribution in [0, 0.1) is 5.82 Å². The summed E-state index contributed by atoms with van der Waals surface area (Å²) in [7, 11) is 0. The van der Waals surface area contributed by atoms with Crippen molar-refractivity contribution in [1.82, 2.24) is 0 Å². The van der Waals surface area contributed by atoms with Gasteiger partial charge in [0.1, 0.15) is 5.82 Å².